The monoisotopic (exact) mass is 258 g/mol. The maximum atomic E-state index is 5.95. The van der Waals surface area contributed by atoms with E-state index in [0.29, 0.717) is 0 Å². The highest BCUT2D eigenvalue weighted by atomic mass is 32.1. The van der Waals surface area contributed by atoms with E-state index in [0.717, 1.165) is 22.0 Å². The normalized spacial score (nSPS) is 10.6. The smallest absolute Gasteiger partial charge is 0.134 e. The molecular formula is C13H10N2S2. The zero-order valence-electron chi connectivity index (χ0n) is 8.96. The highest BCUT2D eigenvalue weighted by Crippen LogP contribution is 2.33. The van der Waals surface area contributed by atoms with Gasteiger partial charge >= 0.3 is 0 Å². The predicted molar refractivity (Wildman–Crippen MR) is 75.3 cm³/mol. The van der Waals surface area contributed by atoms with Crippen molar-refractivity contribution in [2.45, 2.75) is 0 Å². The van der Waals surface area contributed by atoms with Crippen LogP contribution in [0.1, 0.15) is 0 Å². The van der Waals surface area contributed by atoms with Gasteiger partial charge in [0.25, 0.3) is 0 Å². The van der Waals surface area contributed by atoms with Crippen LogP contribution < -0.4 is 5.73 Å². The number of anilines is 1. The number of hydrogen-bond donors (Lipinski definition) is 1. The molecule has 0 saturated carbocycles. The fourth-order valence-corrected chi connectivity index (χ4v) is 3.28. The van der Waals surface area contributed by atoms with Crippen molar-refractivity contribution in [3.05, 3.63) is 47.2 Å². The van der Waals surface area contributed by atoms with E-state index in [2.05, 4.69) is 21.8 Å². The van der Waals surface area contributed by atoms with E-state index in [-0.39, 0.29) is 0 Å². The van der Waals surface area contributed by atoms with Gasteiger partial charge in [0, 0.05) is 16.6 Å². The number of thiophene rings is 1. The van der Waals surface area contributed by atoms with Gasteiger partial charge in [0.1, 0.15) is 5.01 Å². The van der Waals surface area contributed by atoms with Crippen LogP contribution in [0.2, 0.25) is 0 Å². The van der Waals surface area contributed by atoms with Crippen LogP contribution >= 0.6 is 22.7 Å². The minimum Gasteiger partial charge on any atom is -0.398 e. The molecule has 0 aliphatic heterocycles. The number of aromatic nitrogens is 1. The molecule has 0 atom stereocenters. The van der Waals surface area contributed by atoms with Gasteiger partial charge in [0.05, 0.1) is 10.6 Å². The second kappa shape index (κ2) is 4.31. The lowest BCUT2D eigenvalue weighted by molar-refractivity contribution is 1.42. The lowest BCUT2D eigenvalue weighted by atomic mass is 10.1. The molecule has 0 unspecified atom stereocenters. The van der Waals surface area contributed by atoms with Crippen molar-refractivity contribution >= 4 is 28.4 Å². The summed E-state index contributed by atoms with van der Waals surface area (Å²) >= 11 is 3.36. The summed E-state index contributed by atoms with van der Waals surface area (Å²) in [6.07, 6.45) is 0. The van der Waals surface area contributed by atoms with Crippen molar-refractivity contribution in [1.82, 2.24) is 4.98 Å². The van der Waals surface area contributed by atoms with Gasteiger partial charge in [-0.05, 0) is 17.5 Å². The average Bonchev–Trinajstić information content (AvgIpc) is 3.00. The van der Waals surface area contributed by atoms with Gasteiger partial charge in [-0.1, -0.05) is 24.3 Å². The van der Waals surface area contributed by atoms with Crippen molar-refractivity contribution < 1.29 is 0 Å². The fraction of sp³-hybridized carbons (Fsp3) is 0. The Morgan fingerprint density at radius 2 is 1.88 bits per heavy atom. The Morgan fingerprint density at radius 3 is 2.65 bits per heavy atom. The molecule has 0 amide bonds. The molecule has 0 spiro atoms. The standard InChI is InChI=1S/C13H10N2S2/c14-10-5-2-1-4-9(10)11-8-17-13(15-11)12-6-3-7-16-12/h1-8H,14H2. The van der Waals surface area contributed by atoms with Gasteiger partial charge in [0.15, 0.2) is 0 Å². The first-order valence-corrected chi connectivity index (χ1v) is 6.95. The molecule has 84 valence electrons. The summed E-state index contributed by atoms with van der Waals surface area (Å²) in [4.78, 5) is 5.84. The molecule has 0 aliphatic carbocycles. The third-order valence-corrected chi connectivity index (χ3v) is 4.35. The summed E-state index contributed by atoms with van der Waals surface area (Å²) < 4.78 is 0. The minimum atomic E-state index is 0.774. The topological polar surface area (TPSA) is 38.9 Å². The highest BCUT2D eigenvalue weighted by molar-refractivity contribution is 7.20. The van der Waals surface area contributed by atoms with E-state index in [1.54, 1.807) is 22.7 Å². The van der Waals surface area contributed by atoms with Crippen LogP contribution in [0.25, 0.3) is 21.1 Å². The van der Waals surface area contributed by atoms with E-state index in [1.807, 2.05) is 30.3 Å². The van der Waals surface area contributed by atoms with Crippen LogP contribution in [0.15, 0.2) is 47.2 Å². The quantitative estimate of drug-likeness (QED) is 0.702. The zero-order chi connectivity index (χ0) is 11.7. The molecule has 17 heavy (non-hydrogen) atoms. The number of nitrogen functional groups attached to an aromatic ring is 1. The Bertz CT molecular complexity index is 626. The summed E-state index contributed by atoms with van der Waals surface area (Å²) in [5.74, 6) is 0. The number of hydrogen-bond acceptors (Lipinski definition) is 4. The van der Waals surface area contributed by atoms with Crippen molar-refractivity contribution in [3.63, 3.8) is 0 Å². The summed E-state index contributed by atoms with van der Waals surface area (Å²) in [5, 5.41) is 5.17. The Hall–Kier alpha value is -1.65. The van der Waals surface area contributed by atoms with E-state index in [1.165, 1.54) is 4.88 Å². The Morgan fingerprint density at radius 1 is 1.00 bits per heavy atom. The molecule has 2 aromatic heterocycles. The zero-order valence-corrected chi connectivity index (χ0v) is 10.6. The van der Waals surface area contributed by atoms with E-state index < -0.39 is 0 Å². The second-order valence-corrected chi connectivity index (χ2v) is 5.41. The Balaban J connectivity index is 2.04. The third kappa shape index (κ3) is 1.97. The maximum Gasteiger partial charge on any atom is 0.134 e. The number of nitrogens with two attached hydrogens (primary N) is 1. The molecule has 2 heterocycles. The van der Waals surface area contributed by atoms with E-state index in [9.17, 15) is 0 Å². The van der Waals surface area contributed by atoms with Gasteiger partial charge in [-0.2, -0.15) is 0 Å². The van der Waals surface area contributed by atoms with Crippen LogP contribution in [0.5, 0.6) is 0 Å². The number of rotatable bonds is 2. The first kappa shape index (κ1) is 10.5. The number of nitrogens with zero attached hydrogens (tertiary/aromatic N) is 1. The predicted octanol–water partition coefficient (Wildman–Crippen LogP) is 4.12. The number of benzene rings is 1. The minimum absolute atomic E-state index is 0.774. The third-order valence-electron chi connectivity index (χ3n) is 2.47. The van der Waals surface area contributed by atoms with E-state index >= 15 is 0 Å². The van der Waals surface area contributed by atoms with Crippen LogP contribution in [0, 0.1) is 0 Å². The fourth-order valence-electron chi connectivity index (χ4n) is 1.64. The van der Waals surface area contributed by atoms with Gasteiger partial charge < -0.3 is 5.73 Å². The van der Waals surface area contributed by atoms with Crippen molar-refractivity contribution in [2.75, 3.05) is 5.73 Å². The van der Waals surface area contributed by atoms with E-state index in [4.69, 9.17) is 5.73 Å². The van der Waals surface area contributed by atoms with Crippen molar-refractivity contribution in [1.29, 1.82) is 0 Å². The largest absolute Gasteiger partial charge is 0.398 e. The Labute approximate surface area is 107 Å². The molecule has 3 rings (SSSR count). The molecule has 3 aromatic rings. The first-order valence-electron chi connectivity index (χ1n) is 5.19. The van der Waals surface area contributed by atoms with Gasteiger partial charge in [-0.25, -0.2) is 4.98 Å². The van der Waals surface area contributed by atoms with Crippen LogP contribution in [0.3, 0.4) is 0 Å². The molecule has 4 heteroatoms. The van der Waals surface area contributed by atoms with Crippen molar-refractivity contribution in [2.24, 2.45) is 0 Å². The molecule has 1 aromatic carbocycles. The summed E-state index contributed by atoms with van der Waals surface area (Å²) in [6, 6.07) is 11.9. The van der Waals surface area contributed by atoms with Crippen LogP contribution in [-0.4, -0.2) is 4.98 Å². The molecule has 0 fully saturated rings. The maximum absolute atomic E-state index is 5.95. The van der Waals surface area contributed by atoms with Crippen LogP contribution in [-0.2, 0) is 0 Å². The molecule has 0 bridgehead atoms. The summed E-state index contributed by atoms with van der Waals surface area (Å²) in [5.41, 5.74) is 8.68. The second-order valence-electron chi connectivity index (χ2n) is 3.60. The lowest BCUT2D eigenvalue weighted by Gasteiger charge is -2.00. The summed E-state index contributed by atoms with van der Waals surface area (Å²) in [7, 11) is 0. The van der Waals surface area contributed by atoms with Gasteiger partial charge in [-0.15, -0.1) is 22.7 Å². The Kier molecular flexibility index (Phi) is 2.66. The molecule has 0 saturated heterocycles. The molecule has 0 radical (unpaired) electrons. The number of para-hydroxylation sites is 1. The first-order chi connectivity index (χ1) is 8.34. The molecular weight excluding hydrogens is 248 g/mol. The average molecular weight is 258 g/mol. The molecule has 0 aliphatic rings. The molecule has 2 nitrogen and oxygen atoms in total. The number of thiazole rings is 1. The SMILES string of the molecule is Nc1ccccc1-c1csc(-c2cccs2)n1. The van der Waals surface area contributed by atoms with Crippen LogP contribution in [0.4, 0.5) is 5.69 Å². The van der Waals surface area contributed by atoms with Gasteiger partial charge in [-0.3, -0.25) is 0 Å². The summed E-state index contributed by atoms with van der Waals surface area (Å²) in [6.45, 7) is 0. The van der Waals surface area contributed by atoms with Crippen molar-refractivity contribution in [3.8, 4) is 21.1 Å². The highest BCUT2D eigenvalue weighted by Gasteiger charge is 2.08. The van der Waals surface area contributed by atoms with Gasteiger partial charge in [0.2, 0.25) is 0 Å². The molecule has 2 N–H and O–H groups in total. The lowest BCUT2D eigenvalue weighted by Crippen LogP contribution is -1.88.